The van der Waals surface area contributed by atoms with E-state index in [4.69, 9.17) is 9.97 Å². The van der Waals surface area contributed by atoms with Gasteiger partial charge in [-0.2, -0.15) is 9.61 Å². The molecule has 1 saturated heterocycles. The Balaban J connectivity index is 1.37. The number of nitrogens with zero attached hydrogens (tertiary/aromatic N) is 7. The molecule has 0 bridgehead atoms. The van der Waals surface area contributed by atoms with Gasteiger partial charge >= 0.3 is 0 Å². The topological polar surface area (TPSA) is 62.5 Å². The summed E-state index contributed by atoms with van der Waals surface area (Å²) in [5.41, 5.74) is 3.09. The van der Waals surface area contributed by atoms with Crippen molar-refractivity contribution in [2.75, 3.05) is 36.0 Å². The number of hydrogen-bond acceptors (Lipinski definition) is 6. The molecule has 27 heavy (non-hydrogen) atoms. The normalized spacial score (nSPS) is 17.7. The lowest BCUT2D eigenvalue weighted by atomic mass is 10.2. The molecule has 4 heterocycles. The van der Waals surface area contributed by atoms with Crippen molar-refractivity contribution in [1.82, 2.24) is 24.6 Å². The van der Waals surface area contributed by atoms with E-state index in [0.717, 1.165) is 67.1 Å². The Kier molecular flexibility index (Phi) is 3.95. The fourth-order valence-electron chi connectivity index (χ4n) is 3.78. The van der Waals surface area contributed by atoms with Gasteiger partial charge in [0, 0.05) is 61.7 Å². The smallest absolute Gasteiger partial charge is 0.157 e. The number of anilines is 2. The molecule has 2 fully saturated rings. The van der Waals surface area contributed by atoms with E-state index in [1.807, 2.05) is 23.7 Å². The lowest BCUT2D eigenvalue weighted by Gasteiger charge is -2.36. The van der Waals surface area contributed by atoms with Crippen LogP contribution in [0.1, 0.15) is 42.9 Å². The predicted molar refractivity (Wildman–Crippen MR) is 106 cm³/mol. The van der Waals surface area contributed by atoms with Crippen LogP contribution in [0.15, 0.2) is 24.4 Å². The third-order valence-electron chi connectivity index (χ3n) is 5.48. The standard InChI is InChI=1S/C20H25N7/c1-3-16-13-18(24-20(23-16)15-4-5-15)25-8-10-26(11-9-25)19-12-14(2)22-17-6-7-21-27(17)19/h6-7,12-13,15H,3-5,8-11H2,1-2H3. The van der Waals surface area contributed by atoms with Crippen molar-refractivity contribution in [2.45, 2.75) is 39.0 Å². The molecule has 0 aromatic carbocycles. The maximum absolute atomic E-state index is 4.89. The molecule has 1 aliphatic carbocycles. The second kappa shape index (κ2) is 6.48. The van der Waals surface area contributed by atoms with Crippen molar-refractivity contribution in [1.29, 1.82) is 0 Å². The van der Waals surface area contributed by atoms with Crippen molar-refractivity contribution in [2.24, 2.45) is 0 Å². The predicted octanol–water partition coefficient (Wildman–Crippen LogP) is 2.59. The zero-order chi connectivity index (χ0) is 18.4. The van der Waals surface area contributed by atoms with Crippen molar-refractivity contribution in [3.8, 4) is 0 Å². The van der Waals surface area contributed by atoms with E-state index < -0.39 is 0 Å². The average molecular weight is 363 g/mol. The summed E-state index contributed by atoms with van der Waals surface area (Å²) >= 11 is 0. The molecule has 3 aromatic heterocycles. The highest BCUT2D eigenvalue weighted by Gasteiger charge is 2.28. The Bertz CT molecular complexity index is 968. The van der Waals surface area contributed by atoms with Gasteiger partial charge in [0.05, 0.1) is 6.20 Å². The summed E-state index contributed by atoms with van der Waals surface area (Å²) < 4.78 is 1.94. The van der Waals surface area contributed by atoms with E-state index in [1.165, 1.54) is 12.8 Å². The fraction of sp³-hybridized carbons (Fsp3) is 0.500. The molecule has 2 aliphatic rings. The highest BCUT2D eigenvalue weighted by Crippen LogP contribution is 2.38. The Morgan fingerprint density at radius 3 is 2.52 bits per heavy atom. The largest absolute Gasteiger partial charge is 0.353 e. The third-order valence-corrected chi connectivity index (χ3v) is 5.48. The van der Waals surface area contributed by atoms with Crippen LogP contribution in [-0.4, -0.2) is 50.7 Å². The van der Waals surface area contributed by atoms with Crippen LogP contribution >= 0.6 is 0 Å². The highest BCUT2D eigenvalue weighted by molar-refractivity contribution is 5.52. The van der Waals surface area contributed by atoms with Crippen molar-refractivity contribution >= 4 is 17.3 Å². The van der Waals surface area contributed by atoms with Gasteiger partial charge in [-0.1, -0.05) is 6.92 Å². The Labute approximate surface area is 159 Å². The number of aromatic nitrogens is 5. The third kappa shape index (κ3) is 3.11. The molecular weight excluding hydrogens is 338 g/mol. The van der Waals surface area contributed by atoms with Gasteiger partial charge in [-0.25, -0.2) is 15.0 Å². The van der Waals surface area contributed by atoms with Gasteiger partial charge < -0.3 is 9.80 Å². The SMILES string of the molecule is CCc1cc(N2CCN(c3cc(C)nc4ccnn34)CC2)nc(C2CC2)n1. The first-order valence-electron chi connectivity index (χ1n) is 9.90. The van der Waals surface area contributed by atoms with Crippen molar-refractivity contribution in [3.63, 3.8) is 0 Å². The van der Waals surface area contributed by atoms with Crippen LogP contribution < -0.4 is 9.80 Å². The van der Waals surface area contributed by atoms with Gasteiger partial charge in [-0.15, -0.1) is 0 Å². The van der Waals surface area contributed by atoms with Crippen LogP contribution in [0.5, 0.6) is 0 Å². The fourth-order valence-corrected chi connectivity index (χ4v) is 3.78. The Morgan fingerprint density at radius 2 is 1.78 bits per heavy atom. The van der Waals surface area contributed by atoms with E-state index in [9.17, 15) is 0 Å². The molecular formula is C20H25N7. The lowest BCUT2D eigenvalue weighted by Crippen LogP contribution is -2.47. The molecule has 140 valence electrons. The van der Waals surface area contributed by atoms with Crippen LogP contribution in [0.3, 0.4) is 0 Å². The van der Waals surface area contributed by atoms with Gasteiger partial charge in [-0.3, -0.25) is 0 Å². The minimum Gasteiger partial charge on any atom is -0.353 e. The van der Waals surface area contributed by atoms with Gasteiger partial charge in [0.1, 0.15) is 17.5 Å². The maximum Gasteiger partial charge on any atom is 0.157 e. The Hall–Kier alpha value is -2.70. The van der Waals surface area contributed by atoms with Crippen LogP contribution in [-0.2, 0) is 6.42 Å². The summed E-state index contributed by atoms with van der Waals surface area (Å²) in [4.78, 5) is 19.0. The molecule has 1 saturated carbocycles. The minimum absolute atomic E-state index is 0.587. The summed E-state index contributed by atoms with van der Waals surface area (Å²) in [6, 6.07) is 6.25. The Morgan fingerprint density at radius 1 is 1.00 bits per heavy atom. The van der Waals surface area contributed by atoms with E-state index in [2.05, 4.69) is 38.9 Å². The molecule has 7 heteroatoms. The van der Waals surface area contributed by atoms with Gasteiger partial charge in [0.15, 0.2) is 5.65 Å². The van der Waals surface area contributed by atoms with Crippen LogP contribution in [0.2, 0.25) is 0 Å². The van der Waals surface area contributed by atoms with Gasteiger partial charge in [0.25, 0.3) is 0 Å². The number of rotatable bonds is 4. The highest BCUT2D eigenvalue weighted by atomic mass is 15.4. The first kappa shape index (κ1) is 16.5. The van der Waals surface area contributed by atoms with Crippen LogP contribution in [0.4, 0.5) is 11.6 Å². The van der Waals surface area contributed by atoms with Gasteiger partial charge in [-0.05, 0) is 26.2 Å². The van der Waals surface area contributed by atoms with Crippen LogP contribution in [0.25, 0.3) is 5.65 Å². The van der Waals surface area contributed by atoms with Crippen molar-refractivity contribution in [3.05, 3.63) is 41.6 Å². The summed E-state index contributed by atoms with van der Waals surface area (Å²) in [5, 5.41) is 4.45. The minimum atomic E-state index is 0.587. The van der Waals surface area contributed by atoms with Crippen molar-refractivity contribution < 1.29 is 0 Å². The first-order chi connectivity index (χ1) is 13.2. The molecule has 0 unspecified atom stereocenters. The number of fused-ring (bicyclic) bond motifs is 1. The first-order valence-corrected chi connectivity index (χ1v) is 9.90. The maximum atomic E-state index is 4.89. The molecule has 0 N–H and O–H groups in total. The van der Waals surface area contributed by atoms with E-state index in [-0.39, 0.29) is 0 Å². The molecule has 1 aliphatic heterocycles. The lowest BCUT2D eigenvalue weighted by molar-refractivity contribution is 0.630. The quantitative estimate of drug-likeness (QED) is 0.710. The molecule has 5 rings (SSSR count). The van der Waals surface area contributed by atoms with Crippen LogP contribution in [0, 0.1) is 6.92 Å². The summed E-state index contributed by atoms with van der Waals surface area (Å²) in [5.74, 6) is 3.86. The average Bonchev–Trinajstić information content (AvgIpc) is 3.45. The monoisotopic (exact) mass is 363 g/mol. The molecule has 3 aromatic rings. The van der Waals surface area contributed by atoms with E-state index >= 15 is 0 Å². The number of hydrogen-bond donors (Lipinski definition) is 0. The second-order valence-electron chi connectivity index (χ2n) is 7.53. The molecule has 0 radical (unpaired) electrons. The second-order valence-corrected chi connectivity index (χ2v) is 7.53. The summed E-state index contributed by atoms with van der Waals surface area (Å²) in [6.07, 6.45) is 5.25. The summed E-state index contributed by atoms with van der Waals surface area (Å²) in [7, 11) is 0. The summed E-state index contributed by atoms with van der Waals surface area (Å²) in [6.45, 7) is 8.01. The van der Waals surface area contributed by atoms with Gasteiger partial charge in [0.2, 0.25) is 0 Å². The number of piperazine rings is 1. The zero-order valence-electron chi connectivity index (χ0n) is 16.0. The van der Waals surface area contributed by atoms with E-state index in [1.54, 1.807) is 0 Å². The molecule has 7 nitrogen and oxygen atoms in total. The molecule has 0 amide bonds. The number of aryl methyl sites for hydroxylation is 2. The zero-order valence-corrected chi connectivity index (χ0v) is 16.0. The van der Waals surface area contributed by atoms with E-state index in [0.29, 0.717) is 5.92 Å². The molecule has 0 atom stereocenters. The molecule has 0 spiro atoms.